The van der Waals surface area contributed by atoms with E-state index in [1.54, 1.807) is 6.92 Å². The van der Waals surface area contributed by atoms with Crippen molar-refractivity contribution < 1.29 is 9.53 Å². The average molecular weight is 291 g/mol. The van der Waals surface area contributed by atoms with Gasteiger partial charge in [-0.25, -0.2) is 0 Å². The standard InChI is InChI=1S/C19H17NO2/c1-2-3-19(21)20-13-14-4-6-15(7-5-14)16-8-9-18-17(12-16)10-11-22-18/h4-9,12H,10-11,13H2,1H3,(H,20,21). The zero-order valence-corrected chi connectivity index (χ0v) is 12.5. The van der Waals surface area contributed by atoms with Gasteiger partial charge in [0, 0.05) is 13.0 Å². The molecule has 1 heterocycles. The number of nitrogens with one attached hydrogen (secondary N) is 1. The Morgan fingerprint density at radius 1 is 1.18 bits per heavy atom. The Hall–Kier alpha value is -2.73. The van der Waals surface area contributed by atoms with E-state index in [-0.39, 0.29) is 5.91 Å². The van der Waals surface area contributed by atoms with E-state index in [9.17, 15) is 4.79 Å². The van der Waals surface area contributed by atoms with Gasteiger partial charge < -0.3 is 10.1 Å². The highest BCUT2D eigenvalue weighted by molar-refractivity contribution is 5.93. The van der Waals surface area contributed by atoms with Crippen LogP contribution in [-0.4, -0.2) is 12.5 Å². The van der Waals surface area contributed by atoms with Crippen LogP contribution in [0.1, 0.15) is 18.1 Å². The van der Waals surface area contributed by atoms with Gasteiger partial charge in [-0.15, -0.1) is 0 Å². The van der Waals surface area contributed by atoms with E-state index in [0.717, 1.165) is 29.9 Å². The predicted molar refractivity (Wildman–Crippen MR) is 86.4 cm³/mol. The topological polar surface area (TPSA) is 38.3 Å². The molecule has 0 atom stereocenters. The molecule has 2 aromatic carbocycles. The molecular weight excluding hydrogens is 274 g/mol. The van der Waals surface area contributed by atoms with Crippen molar-refractivity contribution in [1.29, 1.82) is 0 Å². The monoisotopic (exact) mass is 291 g/mol. The number of amides is 1. The minimum absolute atomic E-state index is 0.245. The van der Waals surface area contributed by atoms with E-state index in [4.69, 9.17) is 4.74 Å². The van der Waals surface area contributed by atoms with Gasteiger partial charge in [0.1, 0.15) is 5.75 Å². The zero-order chi connectivity index (χ0) is 15.4. The van der Waals surface area contributed by atoms with Crippen LogP contribution >= 0.6 is 0 Å². The Morgan fingerprint density at radius 2 is 1.95 bits per heavy atom. The molecule has 1 aliphatic heterocycles. The normalized spacial score (nSPS) is 11.9. The smallest absolute Gasteiger partial charge is 0.296 e. The van der Waals surface area contributed by atoms with Gasteiger partial charge in [0.25, 0.3) is 5.91 Å². The van der Waals surface area contributed by atoms with E-state index >= 15 is 0 Å². The second kappa shape index (κ2) is 6.36. The molecule has 1 aliphatic rings. The lowest BCUT2D eigenvalue weighted by molar-refractivity contribution is -0.115. The number of hydrogen-bond donors (Lipinski definition) is 1. The molecule has 0 radical (unpaired) electrons. The number of rotatable bonds is 3. The number of carbonyl (C=O) groups excluding carboxylic acids is 1. The SMILES string of the molecule is CC#CC(=O)NCc1ccc(-c2ccc3c(c2)CCO3)cc1. The number of ether oxygens (including phenoxy) is 1. The molecule has 0 aromatic heterocycles. The van der Waals surface area contributed by atoms with Crippen molar-refractivity contribution in [3.05, 3.63) is 53.6 Å². The Labute approximate surface area is 130 Å². The van der Waals surface area contributed by atoms with Gasteiger partial charge in [-0.3, -0.25) is 4.79 Å². The second-order valence-corrected chi connectivity index (χ2v) is 5.18. The molecule has 110 valence electrons. The maximum Gasteiger partial charge on any atom is 0.296 e. The van der Waals surface area contributed by atoms with Gasteiger partial charge in [0.2, 0.25) is 0 Å². The van der Waals surface area contributed by atoms with Crippen LogP contribution in [0.3, 0.4) is 0 Å². The van der Waals surface area contributed by atoms with Crippen LogP contribution in [0.25, 0.3) is 11.1 Å². The summed E-state index contributed by atoms with van der Waals surface area (Å²) in [5.41, 5.74) is 4.68. The maximum absolute atomic E-state index is 11.3. The van der Waals surface area contributed by atoms with E-state index in [1.165, 1.54) is 11.1 Å². The first kappa shape index (κ1) is 14.2. The quantitative estimate of drug-likeness (QED) is 0.883. The Kier molecular flexibility index (Phi) is 4.11. The fourth-order valence-corrected chi connectivity index (χ4v) is 2.52. The maximum atomic E-state index is 11.3. The van der Waals surface area contributed by atoms with Crippen LogP contribution in [0.4, 0.5) is 0 Å². The number of fused-ring (bicyclic) bond motifs is 1. The second-order valence-electron chi connectivity index (χ2n) is 5.18. The Balaban J connectivity index is 1.71. The Morgan fingerprint density at radius 3 is 2.73 bits per heavy atom. The van der Waals surface area contributed by atoms with Crippen LogP contribution in [0.15, 0.2) is 42.5 Å². The highest BCUT2D eigenvalue weighted by atomic mass is 16.5. The van der Waals surface area contributed by atoms with Crippen LogP contribution in [0.5, 0.6) is 5.75 Å². The van der Waals surface area contributed by atoms with Crippen molar-refractivity contribution in [3.8, 4) is 28.7 Å². The molecule has 0 unspecified atom stereocenters. The predicted octanol–water partition coefficient (Wildman–Crippen LogP) is 2.93. The molecule has 22 heavy (non-hydrogen) atoms. The summed E-state index contributed by atoms with van der Waals surface area (Å²) in [6.07, 6.45) is 0.978. The average Bonchev–Trinajstić information content (AvgIpc) is 3.01. The first-order valence-electron chi connectivity index (χ1n) is 7.32. The molecule has 0 bridgehead atoms. The molecular formula is C19H17NO2. The minimum atomic E-state index is -0.245. The summed E-state index contributed by atoms with van der Waals surface area (Å²) >= 11 is 0. The molecule has 1 amide bonds. The summed E-state index contributed by atoms with van der Waals surface area (Å²) in [6, 6.07) is 14.5. The first-order valence-corrected chi connectivity index (χ1v) is 7.32. The van der Waals surface area contributed by atoms with E-state index in [0.29, 0.717) is 6.54 Å². The third-order valence-corrected chi connectivity index (χ3v) is 3.67. The molecule has 0 spiro atoms. The number of hydrogen-bond acceptors (Lipinski definition) is 2. The summed E-state index contributed by atoms with van der Waals surface area (Å²) in [5.74, 6) is 5.80. The van der Waals surface area contributed by atoms with Crippen LogP contribution < -0.4 is 10.1 Å². The summed E-state index contributed by atoms with van der Waals surface area (Å²) in [4.78, 5) is 11.3. The van der Waals surface area contributed by atoms with Crippen LogP contribution in [-0.2, 0) is 17.8 Å². The molecule has 2 aromatic rings. The highest BCUT2D eigenvalue weighted by Crippen LogP contribution is 2.30. The van der Waals surface area contributed by atoms with Crippen molar-refractivity contribution in [1.82, 2.24) is 5.32 Å². The summed E-state index contributed by atoms with van der Waals surface area (Å²) in [7, 11) is 0. The van der Waals surface area contributed by atoms with Gasteiger partial charge in [-0.1, -0.05) is 36.3 Å². The van der Waals surface area contributed by atoms with E-state index in [2.05, 4.69) is 41.4 Å². The fraction of sp³-hybridized carbons (Fsp3) is 0.211. The number of carbonyl (C=O) groups is 1. The van der Waals surface area contributed by atoms with Gasteiger partial charge in [-0.05, 0) is 47.2 Å². The van der Waals surface area contributed by atoms with Crippen molar-refractivity contribution in [3.63, 3.8) is 0 Å². The lowest BCUT2D eigenvalue weighted by Crippen LogP contribution is -2.20. The van der Waals surface area contributed by atoms with E-state index in [1.807, 2.05) is 18.2 Å². The molecule has 0 saturated heterocycles. The molecule has 0 aliphatic carbocycles. The zero-order valence-electron chi connectivity index (χ0n) is 12.5. The third kappa shape index (κ3) is 3.12. The molecule has 3 rings (SSSR count). The molecule has 3 nitrogen and oxygen atoms in total. The first-order chi connectivity index (χ1) is 10.8. The molecule has 0 fully saturated rings. The van der Waals surface area contributed by atoms with Crippen molar-refractivity contribution >= 4 is 5.91 Å². The Bertz CT molecular complexity index is 751. The highest BCUT2D eigenvalue weighted by Gasteiger charge is 2.12. The lowest BCUT2D eigenvalue weighted by atomic mass is 10.0. The summed E-state index contributed by atoms with van der Waals surface area (Å²) < 4.78 is 5.53. The molecule has 0 saturated carbocycles. The summed E-state index contributed by atoms with van der Waals surface area (Å²) in [5, 5.41) is 2.76. The van der Waals surface area contributed by atoms with Crippen molar-refractivity contribution in [2.45, 2.75) is 19.9 Å². The fourth-order valence-electron chi connectivity index (χ4n) is 2.52. The van der Waals surface area contributed by atoms with Gasteiger partial charge in [-0.2, -0.15) is 0 Å². The number of benzene rings is 2. The van der Waals surface area contributed by atoms with Crippen LogP contribution in [0, 0.1) is 11.8 Å². The summed E-state index contributed by atoms with van der Waals surface area (Å²) in [6.45, 7) is 2.92. The van der Waals surface area contributed by atoms with Crippen LogP contribution in [0.2, 0.25) is 0 Å². The molecule has 1 N–H and O–H groups in total. The molecule has 3 heteroatoms. The lowest BCUT2D eigenvalue weighted by Gasteiger charge is -2.06. The van der Waals surface area contributed by atoms with E-state index < -0.39 is 0 Å². The largest absolute Gasteiger partial charge is 0.493 e. The van der Waals surface area contributed by atoms with Gasteiger partial charge in [0.15, 0.2) is 0 Å². The van der Waals surface area contributed by atoms with Gasteiger partial charge in [0.05, 0.1) is 6.61 Å². The van der Waals surface area contributed by atoms with Crippen molar-refractivity contribution in [2.75, 3.05) is 6.61 Å². The third-order valence-electron chi connectivity index (χ3n) is 3.67. The van der Waals surface area contributed by atoms with Gasteiger partial charge >= 0.3 is 0 Å². The van der Waals surface area contributed by atoms with Crippen molar-refractivity contribution in [2.24, 2.45) is 0 Å². The minimum Gasteiger partial charge on any atom is -0.493 e.